The van der Waals surface area contributed by atoms with Crippen molar-refractivity contribution < 1.29 is 0 Å². The molecular formula is C58H38N4. The lowest BCUT2D eigenvalue weighted by Crippen LogP contribution is -2.00. The molecular weight excluding hydrogens is 753 g/mol. The second-order valence-electron chi connectivity index (χ2n) is 15.9. The first-order chi connectivity index (χ1) is 30.7. The van der Waals surface area contributed by atoms with E-state index in [1.807, 2.05) is 12.4 Å². The van der Waals surface area contributed by atoms with E-state index in [0.717, 1.165) is 44.4 Å². The highest BCUT2D eigenvalue weighted by Gasteiger charge is 2.17. The molecule has 12 aromatic rings. The molecule has 3 aromatic heterocycles. The second-order valence-corrected chi connectivity index (χ2v) is 15.9. The molecule has 0 atom stereocenters. The number of nitrogens with zero attached hydrogens (tertiary/aromatic N) is 4. The van der Waals surface area contributed by atoms with Gasteiger partial charge in [-0.05, 0) is 111 Å². The summed E-state index contributed by atoms with van der Waals surface area (Å²) in [6, 6.07) is 78.3. The summed E-state index contributed by atoms with van der Waals surface area (Å²) in [5, 5.41) is 4.83. The summed E-state index contributed by atoms with van der Waals surface area (Å²) in [5.41, 5.74) is 17.2. The summed E-state index contributed by atoms with van der Waals surface area (Å²) in [5.74, 6) is 0.643. The number of aromatic nitrogens is 4. The van der Waals surface area contributed by atoms with E-state index in [-0.39, 0.29) is 0 Å². The van der Waals surface area contributed by atoms with Crippen LogP contribution in [0.1, 0.15) is 0 Å². The summed E-state index contributed by atoms with van der Waals surface area (Å²) in [4.78, 5) is 9.98. The average molecular weight is 791 g/mol. The van der Waals surface area contributed by atoms with Crippen LogP contribution in [0.4, 0.5) is 0 Å². The first kappa shape index (κ1) is 35.6. The van der Waals surface area contributed by atoms with Crippen LogP contribution in [-0.4, -0.2) is 19.1 Å². The van der Waals surface area contributed by atoms with Crippen molar-refractivity contribution >= 4 is 43.6 Å². The molecule has 0 saturated heterocycles. The number of hydrogen-bond acceptors (Lipinski definition) is 2. The highest BCUT2D eigenvalue weighted by atomic mass is 15.1. The van der Waals surface area contributed by atoms with Crippen molar-refractivity contribution in [1.29, 1.82) is 0 Å². The van der Waals surface area contributed by atoms with Crippen LogP contribution in [0.3, 0.4) is 0 Å². The van der Waals surface area contributed by atoms with Gasteiger partial charge in [-0.15, -0.1) is 0 Å². The van der Waals surface area contributed by atoms with E-state index in [1.165, 1.54) is 60.6 Å². The molecule has 4 heteroatoms. The fraction of sp³-hybridized carbons (Fsp3) is 0. The highest BCUT2D eigenvalue weighted by molar-refractivity contribution is 6.12. The molecule has 12 rings (SSSR count). The quantitative estimate of drug-likeness (QED) is 0.161. The molecule has 0 aliphatic heterocycles. The van der Waals surface area contributed by atoms with Crippen molar-refractivity contribution in [1.82, 2.24) is 19.1 Å². The van der Waals surface area contributed by atoms with Gasteiger partial charge in [0.1, 0.15) is 0 Å². The smallest absolute Gasteiger partial charge is 0.234 e. The Morgan fingerprint density at radius 1 is 0.242 bits per heavy atom. The van der Waals surface area contributed by atoms with E-state index < -0.39 is 0 Å². The summed E-state index contributed by atoms with van der Waals surface area (Å²) in [6.07, 6.45) is 3.88. The first-order valence-electron chi connectivity index (χ1n) is 21.0. The Balaban J connectivity index is 0.889. The first-order valence-corrected chi connectivity index (χ1v) is 21.0. The van der Waals surface area contributed by atoms with Crippen LogP contribution >= 0.6 is 0 Å². The Kier molecular flexibility index (Phi) is 8.46. The highest BCUT2D eigenvalue weighted by Crippen LogP contribution is 2.39. The van der Waals surface area contributed by atoms with Crippen molar-refractivity contribution in [2.75, 3.05) is 0 Å². The predicted octanol–water partition coefficient (Wildman–Crippen LogP) is 15.0. The molecule has 3 heterocycles. The zero-order valence-electron chi connectivity index (χ0n) is 33.7. The minimum Gasteiger partial charge on any atom is -0.309 e. The summed E-state index contributed by atoms with van der Waals surface area (Å²) in [6.45, 7) is 0. The monoisotopic (exact) mass is 790 g/mol. The Labute approximate surface area is 359 Å². The third-order valence-electron chi connectivity index (χ3n) is 12.2. The van der Waals surface area contributed by atoms with Gasteiger partial charge >= 0.3 is 0 Å². The predicted molar refractivity (Wildman–Crippen MR) is 258 cm³/mol. The van der Waals surface area contributed by atoms with Crippen LogP contribution in [0, 0.1) is 0 Å². The summed E-state index contributed by atoms with van der Waals surface area (Å²) >= 11 is 0. The fourth-order valence-corrected chi connectivity index (χ4v) is 9.20. The number of rotatable bonds is 7. The van der Waals surface area contributed by atoms with Crippen LogP contribution in [-0.2, 0) is 0 Å². The minimum absolute atomic E-state index is 0.643. The van der Waals surface area contributed by atoms with Gasteiger partial charge in [0.15, 0.2) is 0 Å². The lowest BCUT2D eigenvalue weighted by Gasteiger charge is -2.12. The third kappa shape index (κ3) is 6.08. The van der Waals surface area contributed by atoms with Crippen LogP contribution < -0.4 is 0 Å². The maximum atomic E-state index is 4.99. The molecule has 0 amide bonds. The lowest BCUT2D eigenvalue weighted by molar-refractivity contribution is 0.990. The normalized spacial score (nSPS) is 11.5. The molecule has 0 saturated carbocycles. The molecule has 0 spiro atoms. The maximum Gasteiger partial charge on any atom is 0.234 e. The zero-order valence-corrected chi connectivity index (χ0v) is 33.7. The van der Waals surface area contributed by atoms with E-state index >= 15 is 0 Å². The van der Waals surface area contributed by atoms with Gasteiger partial charge < -0.3 is 4.57 Å². The largest absolute Gasteiger partial charge is 0.309 e. The standard InChI is InChI=1S/C58H38N4/c1-4-14-39(15-5-1)45-32-46(40-16-6-2-7-17-40)34-47(33-45)41-24-26-42(27-25-41)48-37-59-58(60-38-48)62-55-23-13-11-21-51(55)53-35-43(29-31-56(53)62)44-28-30-52-50-20-10-12-22-54(50)61(57(52)36-44)49-18-8-3-9-19-49/h1-38H. The molecule has 0 aliphatic rings. The van der Waals surface area contributed by atoms with Crippen LogP contribution in [0.5, 0.6) is 0 Å². The Bertz CT molecular complexity index is 3530. The number of hydrogen-bond donors (Lipinski definition) is 0. The molecule has 0 aliphatic carbocycles. The van der Waals surface area contributed by atoms with Crippen molar-refractivity contribution in [2.45, 2.75) is 0 Å². The second kappa shape index (κ2) is 14.7. The Hall–Kier alpha value is -8.34. The molecule has 0 bridgehead atoms. The van der Waals surface area contributed by atoms with Gasteiger partial charge in [0.2, 0.25) is 5.95 Å². The van der Waals surface area contributed by atoms with E-state index in [2.05, 4.69) is 228 Å². The van der Waals surface area contributed by atoms with Crippen LogP contribution in [0.2, 0.25) is 0 Å². The van der Waals surface area contributed by atoms with Crippen molar-refractivity contribution in [3.05, 3.63) is 231 Å². The maximum absolute atomic E-state index is 4.99. The van der Waals surface area contributed by atoms with Crippen LogP contribution in [0.25, 0.3) is 111 Å². The van der Waals surface area contributed by atoms with E-state index in [9.17, 15) is 0 Å². The van der Waals surface area contributed by atoms with E-state index in [1.54, 1.807) is 0 Å². The van der Waals surface area contributed by atoms with Gasteiger partial charge in [0.05, 0.1) is 22.1 Å². The van der Waals surface area contributed by atoms with Crippen LogP contribution in [0.15, 0.2) is 231 Å². The Morgan fingerprint density at radius 2 is 0.661 bits per heavy atom. The fourth-order valence-electron chi connectivity index (χ4n) is 9.20. The SMILES string of the molecule is c1ccc(-c2cc(-c3ccccc3)cc(-c3ccc(-c4cnc(-n5c6ccccc6c6cc(-c7ccc8c9ccccc9n(-c9ccccc9)c8c7)ccc65)nc4)cc3)c2)cc1. The van der Waals surface area contributed by atoms with Gasteiger partial charge in [0.25, 0.3) is 0 Å². The molecule has 0 radical (unpaired) electrons. The van der Waals surface area contributed by atoms with Gasteiger partial charge in [0, 0.05) is 45.2 Å². The number of para-hydroxylation sites is 3. The summed E-state index contributed by atoms with van der Waals surface area (Å²) in [7, 11) is 0. The van der Waals surface area contributed by atoms with Gasteiger partial charge in [-0.25, -0.2) is 9.97 Å². The number of fused-ring (bicyclic) bond motifs is 6. The lowest BCUT2D eigenvalue weighted by atomic mass is 9.93. The average Bonchev–Trinajstić information content (AvgIpc) is 3.87. The molecule has 0 fully saturated rings. The Morgan fingerprint density at radius 3 is 1.27 bits per heavy atom. The van der Waals surface area contributed by atoms with Crippen molar-refractivity contribution in [3.8, 4) is 67.3 Å². The third-order valence-corrected chi connectivity index (χ3v) is 12.2. The minimum atomic E-state index is 0.643. The molecule has 0 unspecified atom stereocenters. The van der Waals surface area contributed by atoms with Gasteiger partial charge in [-0.1, -0.05) is 158 Å². The van der Waals surface area contributed by atoms with E-state index in [0.29, 0.717) is 5.95 Å². The van der Waals surface area contributed by atoms with Crippen molar-refractivity contribution in [2.24, 2.45) is 0 Å². The molecule has 0 N–H and O–H groups in total. The summed E-state index contributed by atoms with van der Waals surface area (Å²) < 4.78 is 4.56. The number of benzene rings is 9. The van der Waals surface area contributed by atoms with Gasteiger partial charge in [-0.3, -0.25) is 4.57 Å². The molecule has 9 aromatic carbocycles. The zero-order chi connectivity index (χ0) is 41.0. The van der Waals surface area contributed by atoms with E-state index in [4.69, 9.17) is 9.97 Å². The molecule has 62 heavy (non-hydrogen) atoms. The molecule has 290 valence electrons. The van der Waals surface area contributed by atoms with Crippen molar-refractivity contribution in [3.63, 3.8) is 0 Å². The topological polar surface area (TPSA) is 35.6 Å². The molecule has 4 nitrogen and oxygen atoms in total. The van der Waals surface area contributed by atoms with Gasteiger partial charge in [-0.2, -0.15) is 0 Å².